The van der Waals surface area contributed by atoms with Crippen molar-refractivity contribution in [3.8, 4) is 28.2 Å². The number of aromatic nitrogens is 2. The van der Waals surface area contributed by atoms with E-state index in [-0.39, 0.29) is 5.82 Å². The second-order valence-electron chi connectivity index (χ2n) is 6.65. The normalized spacial score (nSPS) is 11.1. The van der Waals surface area contributed by atoms with E-state index in [1.807, 2.05) is 60.7 Å². The molecule has 0 saturated heterocycles. The van der Waals surface area contributed by atoms with E-state index >= 15 is 0 Å². The van der Waals surface area contributed by atoms with E-state index in [1.165, 1.54) is 12.1 Å². The third-order valence-corrected chi connectivity index (χ3v) is 4.77. The van der Waals surface area contributed by atoms with Gasteiger partial charge in [-0.15, -0.1) is 0 Å². The molecule has 5 heteroatoms. The lowest BCUT2D eigenvalue weighted by Crippen LogP contribution is -2.07. The SMILES string of the molecule is O=c1oc2ccccc2cc1-c1cc(-c2ccc(F)cc2)nn1-c1ccccc1. The summed E-state index contributed by atoms with van der Waals surface area (Å²) in [7, 11) is 0. The average Bonchev–Trinajstić information content (AvgIpc) is 3.19. The molecule has 2 heterocycles. The minimum atomic E-state index is -0.438. The van der Waals surface area contributed by atoms with Crippen LogP contribution in [0.5, 0.6) is 0 Å². The largest absolute Gasteiger partial charge is 0.422 e. The Morgan fingerprint density at radius 1 is 0.828 bits per heavy atom. The molecule has 0 N–H and O–H groups in total. The van der Waals surface area contributed by atoms with Crippen LogP contribution in [-0.4, -0.2) is 9.78 Å². The van der Waals surface area contributed by atoms with E-state index < -0.39 is 5.63 Å². The first-order valence-corrected chi connectivity index (χ1v) is 9.14. The first-order chi connectivity index (χ1) is 14.2. The highest BCUT2D eigenvalue weighted by Gasteiger charge is 2.17. The van der Waals surface area contributed by atoms with Crippen LogP contribution in [0.3, 0.4) is 0 Å². The van der Waals surface area contributed by atoms with Crippen molar-refractivity contribution in [3.63, 3.8) is 0 Å². The second-order valence-corrected chi connectivity index (χ2v) is 6.65. The highest BCUT2D eigenvalue weighted by Crippen LogP contribution is 2.29. The van der Waals surface area contributed by atoms with Gasteiger partial charge < -0.3 is 4.42 Å². The molecule has 0 spiro atoms. The Bertz CT molecular complexity index is 1370. The minimum Gasteiger partial charge on any atom is -0.422 e. The quantitative estimate of drug-likeness (QED) is 0.390. The molecule has 0 unspecified atom stereocenters. The van der Waals surface area contributed by atoms with Crippen LogP contribution < -0.4 is 5.63 Å². The molecule has 0 atom stereocenters. The molecule has 4 nitrogen and oxygen atoms in total. The van der Waals surface area contributed by atoms with Gasteiger partial charge in [-0.25, -0.2) is 13.9 Å². The van der Waals surface area contributed by atoms with Crippen LogP contribution in [0.15, 0.2) is 100 Å². The molecule has 29 heavy (non-hydrogen) atoms. The van der Waals surface area contributed by atoms with Crippen LogP contribution >= 0.6 is 0 Å². The summed E-state index contributed by atoms with van der Waals surface area (Å²) in [6.07, 6.45) is 0. The number of benzene rings is 3. The molecule has 0 aliphatic rings. The number of para-hydroxylation sites is 2. The highest BCUT2D eigenvalue weighted by atomic mass is 19.1. The topological polar surface area (TPSA) is 48.0 Å². The van der Waals surface area contributed by atoms with E-state index in [2.05, 4.69) is 0 Å². The lowest BCUT2D eigenvalue weighted by atomic mass is 10.1. The van der Waals surface area contributed by atoms with E-state index in [9.17, 15) is 9.18 Å². The fraction of sp³-hybridized carbons (Fsp3) is 0. The first-order valence-electron chi connectivity index (χ1n) is 9.14. The Labute approximate surface area is 165 Å². The number of nitrogens with zero attached hydrogens (tertiary/aromatic N) is 2. The standard InChI is InChI=1S/C24H15FN2O2/c25-18-12-10-16(11-13-18)21-15-22(27(26-21)19-7-2-1-3-8-19)20-14-17-6-4-5-9-23(17)29-24(20)28/h1-15H. The van der Waals surface area contributed by atoms with Gasteiger partial charge in [0.15, 0.2) is 0 Å². The maximum atomic E-state index is 13.3. The van der Waals surface area contributed by atoms with E-state index in [4.69, 9.17) is 9.52 Å². The van der Waals surface area contributed by atoms with E-state index in [0.29, 0.717) is 22.5 Å². The fourth-order valence-electron chi connectivity index (χ4n) is 3.34. The van der Waals surface area contributed by atoms with E-state index in [0.717, 1.165) is 16.6 Å². The number of rotatable bonds is 3. The molecule has 5 aromatic rings. The van der Waals surface area contributed by atoms with Gasteiger partial charge in [0.1, 0.15) is 11.4 Å². The van der Waals surface area contributed by atoms with Gasteiger partial charge in [0, 0.05) is 10.9 Å². The molecule has 0 amide bonds. The van der Waals surface area contributed by atoms with Gasteiger partial charge in [0.2, 0.25) is 0 Å². The molecule has 0 bridgehead atoms. The summed E-state index contributed by atoms with van der Waals surface area (Å²) >= 11 is 0. The van der Waals surface area contributed by atoms with Crippen LogP contribution in [-0.2, 0) is 0 Å². The smallest absolute Gasteiger partial charge is 0.345 e. The van der Waals surface area contributed by atoms with Crippen LogP contribution in [0.1, 0.15) is 0 Å². The van der Waals surface area contributed by atoms with Gasteiger partial charge in [-0.1, -0.05) is 36.4 Å². The molecule has 2 aromatic heterocycles. The van der Waals surface area contributed by atoms with Crippen molar-refractivity contribution in [1.29, 1.82) is 0 Å². The van der Waals surface area contributed by atoms with Crippen LogP contribution in [0.4, 0.5) is 4.39 Å². The van der Waals surface area contributed by atoms with Crippen molar-refractivity contribution >= 4 is 11.0 Å². The zero-order chi connectivity index (χ0) is 19.8. The summed E-state index contributed by atoms with van der Waals surface area (Å²) in [5.74, 6) is -0.313. The number of hydrogen-bond donors (Lipinski definition) is 0. The monoisotopic (exact) mass is 382 g/mol. The molecule has 0 fully saturated rings. The molecule has 3 aromatic carbocycles. The van der Waals surface area contributed by atoms with Crippen molar-refractivity contribution in [2.75, 3.05) is 0 Å². The summed E-state index contributed by atoms with van der Waals surface area (Å²) < 4.78 is 20.6. The van der Waals surface area contributed by atoms with Crippen molar-refractivity contribution in [2.24, 2.45) is 0 Å². The molecule has 0 aliphatic carbocycles. The summed E-state index contributed by atoms with van der Waals surface area (Å²) in [5, 5.41) is 5.52. The Balaban J connectivity index is 1.76. The summed E-state index contributed by atoms with van der Waals surface area (Å²) in [6, 6.07) is 26.7. The number of halogens is 1. The van der Waals surface area contributed by atoms with Crippen LogP contribution in [0.25, 0.3) is 39.2 Å². The molecular formula is C24H15FN2O2. The Kier molecular flexibility index (Phi) is 4.06. The zero-order valence-corrected chi connectivity index (χ0v) is 15.2. The Hall–Kier alpha value is -3.99. The van der Waals surface area contributed by atoms with Crippen molar-refractivity contribution in [3.05, 3.63) is 107 Å². The Morgan fingerprint density at radius 3 is 2.34 bits per heavy atom. The molecular weight excluding hydrogens is 367 g/mol. The summed E-state index contributed by atoms with van der Waals surface area (Å²) in [5.41, 5.74) is 3.31. The molecule has 140 valence electrons. The molecule has 0 saturated carbocycles. The summed E-state index contributed by atoms with van der Waals surface area (Å²) in [4.78, 5) is 12.8. The molecule has 0 aliphatic heterocycles. The van der Waals surface area contributed by atoms with Crippen molar-refractivity contribution in [1.82, 2.24) is 9.78 Å². The maximum Gasteiger partial charge on any atom is 0.345 e. The molecule has 0 radical (unpaired) electrons. The average molecular weight is 382 g/mol. The predicted octanol–water partition coefficient (Wildman–Crippen LogP) is 5.45. The Morgan fingerprint density at radius 2 is 1.55 bits per heavy atom. The van der Waals surface area contributed by atoms with Crippen LogP contribution in [0.2, 0.25) is 0 Å². The van der Waals surface area contributed by atoms with Gasteiger partial charge in [-0.2, -0.15) is 5.10 Å². The third kappa shape index (κ3) is 3.12. The summed E-state index contributed by atoms with van der Waals surface area (Å²) in [6.45, 7) is 0. The highest BCUT2D eigenvalue weighted by molar-refractivity contribution is 5.82. The lowest BCUT2D eigenvalue weighted by molar-refractivity contribution is 0.562. The predicted molar refractivity (Wildman–Crippen MR) is 110 cm³/mol. The lowest BCUT2D eigenvalue weighted by Gasteiger charge is -2.07. The van der Waals surface area contributed by atoms with Gasteiger partial charge in [-0.3, -0.25) is 0 Å². The van der Waals surface area contributed by atoms with Gasteiger partial charge in [-0.05, 0) is 54.6 Å². The van der Waals surface area contributed by atoms with Gasteiger partial charge in [0.05, 0.1) is 22.6 Å². The van der Waals surface area contributed by atoms with Gasteiger partial charge in [0.25, 0.3) is 0 Å². The fourth-order valence-corrected chi connectivity index (χ4v) is 3.34. The van der Waals surface area contributed by atoms with Crippen LogP contribution in [0, 0.1) is 5.82 Å². The number of fused-ring (bicyclic) bond motifs is 1. The first kappa shape index (κ1) is 17.1. The van der Waals surface area contributed by atoms with Crippen molar-refractivity contribution in [2.45, 2.75) is 0 Å². The number of hydrogen-bond acceptors (Lipinski definition) is 3. The molecule has 5 rings (SSSR count). The minimum absolute atomic E-state index is 0.313. The van der Waals surface area contributed by atoms with Crippen molar-refractivity contribution < 1.29 is 8.81 Å². The van der Waals surface area contributed by atoms with Gasteiger partial charge >= 0.3 is 5.63 Å². The maximum absolute atomic E-state index is 13.3. The third-order valence-electron chi connectivity index (χ3n) is 4.77. The van der Waals surface area contributed by atoms with E-state index in [1.54, 1.807) is 22.9 Å². The zero-order valence-electron chi connectivity index (χ0n) is 15.2. The second kappa shape index (κ2) is 6.87.